The Labute approximate surface area is 143 Å². The number of hydrogen-bond acceptors (Lipinski definition) is 2. The van der Waals surface area contributed by atoms with Crippen molar-refractivity contribution in [3.8, 4) is 0 Å². The summed E-state index contributed by atoms with van der Waals surface area (Å²) in [6, 6.07) is 14.9. The van der Waals surface area contributed by atoms with Gasteiger partial charge in [0.1, 0.15) is 0 Å². The largest absolute Gasteiger partial charge is 0.158 e. The van der Waals surface area contributed by atoms with Gasteiger partial charge in [0, 0.05) is 20.1 Å². The molecule has 0 aliphatic rings. The van der Waals surface area contributed by atoms with Crippen LogP contribution in [0, 0.1) is 0 Å². The van der Waals surface area contributed by atoms with E-state index in [0.29, 0.717) is 0 Å². The second-order valence-electron chi connectivity index (χ2n) is 3.80. The standard InChI is InChI=1S/C14H8Br2Cl2N2/c15-11-5-1-9(2-6-11)13(17)19-20-14(18)10-3-7-12(16)8-4-10/h1-8H/b19-13-,20-14?. The average molecular weight is 435 g/mol. The maximum absolute atomic E-state index is 6.08. The minimum atomic E-state index is 0.285. The molecular weight excluding hydrogens is 427 g/mol. The van der Waals surface area contributed by atoms with Gasteiger partial charge in [0.05, 0.1) is 0 Å². The minimum absolute atomic E-state index is 0.285. The van der Waals surface area contributed by atoms with Crippen LogP contribution in [0.25, 0.3) is 0 Å². The van der Waals surface area contributed by atoms with Gasteiger partial charge >= 0.3 is 0 Å². The van der Waals surface area contributed by atoms with Crippen molar-refractivity contribution in [1.29, 1.82) is 0 Å². The molecule has 0 aliphatic heterocycles. The summed E-state index contributed by atoms with van der Waals surface area (Å²) in [5.41, 5.74) is 1.55. The van der Waals surface area contributed by atoms with Gasteiger partial charge in [0.25, 0.3) is 0 Å². The Kier molecular flexibility index (Phi) is 5.78. The lowest BCUT2D eigenvalue weighted by Crippen LogP contribution is -1.93. The molecule has 0 saturated heterocycles. The van der Waals surface area contributed by atoms with Gasteiger partial charge in [0.15, 0.2) is 10.3 Å². The summed E-state index contributed by atoms with van der Waals surface area (Å²) in [6.07, 6.45) is 0. The Hall–Kier alpha value is -0.680. The average Bonchev–Trinajstić information content (AvgIpc) is 2.46. The second kappa shape index (κ2) is 7.36. The summed E-state index contributed by atoms with van der Waals surface area (Å²) in [5, 5.41) is 8.44. The quantitative estimate of drug-likeness (QED) is 0.431. The molecule has 2 nitrogen and oxygen atoms in total. The summed E-state index contributed by atoms with van der Waals surface area (Å²) < 4.78 is 1.95. The van der Waals surface area contributed by atoms with Crippen LogP contribution in [-0.4, -0.2) is 10.3 Å². The summed E-state index contributed by atoms with van der Waals surface area (Å²) >= 11 is 18.9. The highest BCUT2D eigenvalue weighted by molar-refractivity contribution is 9.10. The molecule has 0 bridgehead atoms. The number of benzene rings is 2. The molecule has 6 heteroatoms. The lowest BCUT2D eigenvalue weighted by molar-refractivity contribution is 1.25. The van der Waals surface area contributed by atoms with E-state index < -0.39 is 0 Å². The molecule has 0 radical (unpaired) electrons. The first-order chi connectivity index (χ1) is 9.56. The smallest absolute Gasteiger partial charge is 0.136 e. The zero-order valence-corrected chi connectivity index (χ0v) is 14.7. The topological polar surface area (TPSA) is 24.7 Å². The Balaban J connectivity index is 2.19. The van der Waals surface area contributed by atoms with Gasteiger partial charge in [-0.3, -0.25) is 0 Å². The molecule has 102 valence electrons. The van der Waals surface area contributed by atoms with Crippen molar-refractivity contribution in [3.05, 3.63) is 68.6 Å². The van der Waals surface area contributed by atoms with E-state index in [2.05, 4.69) is 42.1 Å². The van der Waals surface area contributed by atoms with Crippen LogP contribution in [0.3, 0.4) is 0 Å². The number of hydrogen-bond donors (Lipinski definition) is 0. The van der Waals surface area contributed by atoms with Gasteiger partial charge in [-0.2, -0.15) is 0 Å². The maximum atomic E-state index is 6.08. The zero-order chi connectivity index (χ0) is 14.5. The van der Waals surface area contributed by atoms with Crippen molar-refractivity contribution < 1.29 is 0 Å². The molecule has 2 aromatic carbocycles. The van der Waals surface area contributed by atoms with Gasteiger partial charge in [-0.05, 0) is 24.3 Å². The van der Waals surface area contributed by atoms with Crippen LogP contribution in [-0.2, 0) is 0 Å². The first-order valence-corrected chi connectivity index (χ1v) is 7.89. The third-order valence-electron chi connectivity index (χ3n) is 2.39. The first-order valence-electron chi connectivity index (χ1n) is 5.55. The van der Waals surface area contributed by atoms with Crippen LogP contribution in [0.5, 0.6) is 0 Å². The van der Waals surface area contributed by atoms with Gasteiger partial charge in [-0.15, -0.1) is 10.2 Å². The van der Waals surface area contributed by atoms with Crippen LogP contribution >= 0.6 is 55.1 Å². The summed E-state index contributed by atoms with van der Waals surface area (Å²) in [5.74, 6) is 0. The molecule has 0 aromatic heterocycles. The van der Waals surface area contributed by atoms with E-state index in [0.717, 1.165) is 20.1 Å². The van der Waals surface area contributed by atoms with Crippen molar-refractivity contribution in [3.63, 3.8) is 0 Å². The van der Waals surface area contributed by atoms with Crippen LogP contribution in [0.15, 0.2) is 67.7 Å². The number of nitrogens with zero attached hydrogens (tertiary/aromatic N) is 2. The molecule has 0 atom stereocenters. The molecule has 0 N–H and O–H groups in total. The van der Waals surface area contributed by atoms with Crippen molar-refractivity contribution in [2.75, 3.05) is 0 Å². The fraction of sp³-hybridized carbons (Fsp3) is 0. The van der Waals surface area contributed by atoms with Crippen LogP contribution in [0.1, 0.15) is 11.1 Å². The molecule has 0 spiro atoms. The molecule has 0 fully saturated rings. The summed E-state index contributed by atoms with van der Waals surface area (Å²) in [7, 11) is 0. The first kappa shape index (κ1) is 15.7. The fourth-order valence-corrected chi connectivity index (χ4v) is 2.23. The van der Waals surface area contributed by atoms with E-state index >= 15 is 0 Å². The molecular formula is C14H8Br2Cl2N2. The van der Waals surface area contributed by atoms with Crippen LogP contribution in [0.2, 0.25) is 0 Å². The SMILES string of the molecule is ClC(=N/N=C(\Cl)c1ccc(Br)cc1)c1ccc(Br)cc1. The molecule has 0 amide bonds. The summed E-state index contributed by atoms with van der Waals surface area (Å²) in [4.78, 5) is 0. The van der Waals surface area contributed by atoms with E-state index in [1.165, 1.54) is 0 Å². The Bertz CT molecular complexity index is 590. The van der Waals surface area contributed by atoms with Gasteiger partial charge in [-0.25, -0.2) is 0 Å². The van der Waals surface area contributed by atoms with Gasteiger partial charge < -0.3 is 0 Å². The molecule has 0 saturated carbocycles. The molecule has 0 aliphatic carbocycles. The molecule has 2 rings (SSSR count). The van der Waals surface area contributed by atoms with E-state index in [1.54, 1.807) is 0 Å². The lowest BCUT2D eigenvalue weighted by Gasteiger charge is -1.98. The van der Waals surface area contributed by atoms with Crippen molar-refractivity contribution in [2.24, 2.45) is 10.2 Å². The van der Waals surface area contributed by atoms with E-state index in [4.69, 9.17) is 23.2 Å². The Morgan fingerprint density at radius 1 is 0.650 bits per heavy atom. The van der Waals surface area contributed by atoms with E-state index in [-0.39, 0.29) is 10.3 Å². The minimum Gasteiger partial charge on any atom is -0.136 e. The number of halogens is 4. The van der Waals surface area contributed by atoms with E-state index in [1.807, 2.05) is 48.5 Å². The Morgan fingerprint density at radius 3 is 1.25 bits per heavy atom. The van der Waals surface area contributed by atoms with Crippen molar-refractivity contribution in [1.82, 2.24) is 0 Å². The van der Waals surface area contributed by atoms with Crippen LogP contribution in [0.4, 0.5) is 0 Å². The van der Waals surface area contributed by atoms with Crippen LogP contribution < -0.4 is 0 Å². The highest BCUT2D eigenvalue weighted by atomic mass is 79.9. The molecule has 2 aromatic rings. The third-order valence-corrected chi connectivity index (χ3v) is 4.04. The normalized spacial score (nSPS) is 12.6. The highest BCUT2D eigenvalue weighted by Gasteiger charge is 2.02. The monoisotopic (exact) mass is 432 g/mol. The molecule has 0 heterocycles. The molecule has 0 unspecified atom stereocenters. The van der Waals surface area contributed by atoms with E-state index in [9.17, 15) is 0 Å². The Morgan fingerprint density at radius 2 is 0.950 bits per heavy atom. The van der Waals surface area contributed by atoms with Crippen molar-refractivity contribution >= 4 is 65.4 Å². The fourth-order valence-electron chi connectivity index (χ4n) is 1.38. The summed E-state index contributed by atoms with van der Waals surface area (Å²) in [6.45, 7) is 0. The predicted octanol–water partition coefficient (Wildman–Crippen LogP) is 5.80. The second-order valence-corrected chi connectivity index (χ2v) is 6.34. The maximum Gasteiger partial charge on any atom is 0.158 e. The van der Waals surface area contributed by atoms with Gasteiger partial charge in [0.2, 0.25) is 0 Å². The highest BCUT2D eigenvalue weighted by Crippen LogP contribution is 2.15. The molecule has 20 heavy (non-hydrogen) atoms. The lowest BCUT2D eigenvalue weighted by atomic mass is 10.2. The zero-order valence-electron chi connectivity index (χ0n) is 10.0. The van der Waals surface area contributed by atoms with Crippen molar-refractivity contribution in [2.45, 2.75) is 0 Å². The number of rotatable bonds is 3. The predicted molar refractivity (Wildman–Crippen MR) is 93.1 cm³/mol. The third kappa shape index (κ3) is 4.42. The van der Waals surface area contributed by atoms with Gasteiger partial charge in [-0.1, -0.05) is 79.3 Å².